The van der Waals surface area contributed by atoms with Crippen molar-refractivity contribution in [2.24, 2.45) is 0 Å². The molecule has 3 heterocycles. The first-order chi connectivity index (χ1) is 14.2. The maximum atomic E-state index is 12.9. The van der Waals surface area contributed by atoms with E-state index in [9.17, 15) is 4.79 Å². The highest BCUT2D eigenvalue weighted by atomic mass is 35.5. The second kappa shape index (κ2) is 9.49. The van der Waals surface area contributed by atoms with E-state index in [0.717, 1.165) is 32.5 Å². The molecule has 1 amide bonds. The SMILES string of the molecule is O=C(CN(Cc1cccs1)C[C@@H]1CCCO1)Nc1cc(Cl)ccc1-n1cncn1. The van der Waals surface area contributed by atoms with Crippen LogP contribution in [-0.4, -0.2) is 51.4 Å². The molecule has 0 radical (unpaired) electrons. The summed E-state index contributed by atoms with van der Waals surface area (Å²) in [7, 11) is 0. The number of halogens is 1. The maximum absolute atomic E-state index is 12.9. The van der Waals surface area contributed by atoms with Crippen LogP contribution in [0, 0.1) is 0 Å². The summed E-state index contributed by atoms with van der Waals surface area (Å²) in [6.45, 7) is 2.52. The van der Waals surface area contributed by atoms with Crippen LogP contribution in [-0.2, 0) is 16.1 Å². The van der Waals surface area contributed by atoms with Gasteiger partial charge in [0.25, 0.3) is 0 Å². The van der Waals surface area contributed by atoms with Gasteiger partial charge in [0.1, 0.15) is 12.7 Å². The molecular weight excluding hydrogens is 410 g/mol. The van der Waals surface area contributed by atoms with Gasteiger partial charge in [0, 0.05) is 29.6 Å². The largest absolute Gasteiger partial charge is 0.377 e. The molecule has 29 heavy (non-hydrogen) atoms. The zero-order valence-corrected chi connectivity index (χ0v) is 17.4. The zero-order chi connectivity index (χ0) is 20.1. The summed E-state index contributed by atoms with van der Waals surface area (Å²) in [5, 5.41) is 9.72. The molecule has 7 nitrogen and oxygen atoms in total. The number of carbonyl (C=O) groups excluding carboxylic acids is 1. The Hall–Kier alpha value is -2.26. The number of benzene rings is 1. The molecule has 1 saturated heterocycles. The Morgan fingerprint density at radius 1 is 1.41 bits per heavy atom. The highest BCUT2D eigenvalue weighted by molar-refractivity contribution is 7.09. The average Bonchev–Trinajstić information content (AvgIpc) is 3.45. The van der Waals surface area contributed by atoms with Crippen LogP contribution in [0.5, 0.6) is 0 Å². The molecule has 0 bridgehead atoms. The lowest BCUT2D eigenvalue weighted by molar-refractivity contribution is -0.117. The van der Waals surface area contributed by atoms with Crippen molar-refractivity contribution >= 4 is 34.5 Å². The van der Waals surface area contributed by atoms with E-state index in [0.29, 0.717) is 16.4 Å². The van der Waals surface area contributed by atoms with Gasteiger partial charge in [-0.1, -0.05) is 17.7 Å². The summed E-state index contributed by atoms with van der Waals surface area (Å²) in [5.74, 6) is -0.108. The van der Waals surface area contributed by atoms with Crippen LogP contribution in [0.1, 0.15) is 17.7 Å². The molecule has 1 aliphatic heterocycles. The third-order valence-corrected chi connectivity index (χ3v) is 5.81. The van der Waals surface area contributed by atoms with Crippen molar-refractivity contribution < 1.29 is 9.53 Å². The molecule has 4 rings (SSSR count). The lowest BCUT2D eigenvalue weighted by Crippen LogP contribution is -2.37. The molecule has 3 aromatic rings. The van der Waals surface area contributed by atoms with E-state index in [2.05, 4.69) is 31.7 Å². The number of nitrogens with zero attached hydrogens (tertiary/aromatic N) is 4. The van der Waals surface area contributed by atoms with Crippen molar-refractivity contribution in [1.82, 2.24) is 19.7 Å². The molecular formula is C20H22ClN5O2S. The Kier molecular flexibility index (Phi) is 6.56. The smallest absolute Gasteiger partial charge is 0.238 e. The summed E-state index contributed by atoms with van der Waals surface area (Å²) in [6, 6.07) is 9.41. The molecule has 0 unspecified atom stereocenters. The lowest BCUT2D eigenvalue weighted by Gasteiger charge is -2.24. The van der Waals surface area contributed by atoms with Crippen molar-refractivity contribution in [2.75, 3.05) is 25.0 Å². The van der Waals surface area contributed by atoms with Gasteiger partial charge in [-0.3, -0.25) is 9.69 Å². The van der Waals surface area contributed by atoms with Gasteiger partial charge in [-0.25, -0.2) is 9.67 Å². The molecule has 1 fully saturated rings. The Balaban J connectivity index is 1.47. The summed E-state index contributed by atoms with van der Waals surface area (Å²) in [5.41, 5.74) is 1.31. The minimum absolute atomic E-state index is 0.108. The number of nitrogens with one attached hydrogen (secondary N) is 1. The minimum atomic E-state index is -0.108. The molecule has 1 aliphatic rings. The van der Waals surface area contributed by atoms with Crippen LogP contribution in [0.2, 0.25) is 5.02 Å². The van der Waals surface area contributed by atoms with Crippen molar-refractivity contribution in [2.45, 2.75) is 25.5 Å². The number of rotatable bonds is 8. The number of ether oxygens (including phenoxy) is 1. The first-order valence-electron chi connectivity index (χ1n) is 9.48. The van der Waals surface area contributed by atoms with Gasteiger partial charge in [0.05, 0.1) is 24.0 Å². The van der Waals surface area contributed by atoms with Crippen molar-refractivity contribution in [3.63, 3.8) is 0 Å². The van der Waals surface area contributed by atoms with Gasteiger partial charge >= 0.3 is 0 Å². The Morgan fingerprint density at radius 3 is 3.07 bits per heavy atom. The van der Waals surface area contributed by atoms with Gasteiger partial charge < -0.3 is 10.1 Å². The molecule has 9 heteroatoms. The zero-order valence-electron chi connectivity index (χ0n) is 15.8. The summed E-state index contributed by atoms with van der Waals surface area (Å²) < 4.78 is 7.38. The van der Waals surface area contributed by atoms with E-state index < -0.39 is 0 Å². The number of hydrogen-bond acceptors (Lipinski definition) is 6. The second-order valence-electron chi connectivity index (χ2n) is 6.93. The third-order valence-electron chi connectivity index (χ3n) is 4.71. The number of aromatic nitrogens is 3. The van der Waals surface area contributed by atoms with Gasteiger partial charge in [-0.2, -0.15) is 5.10 Å². The fourth-order valence-corrected chi connectivity index (χ4v) is 4.34. The number of carbonyl (C=O) groups is 1. The molecule has 152 valence electrons. The monoisotopic (exact) mass is 431 g/mol. The van der Waals surface area contributed by atoms with Crippen molar-refractivity contribution in [3.8, 4) is 5.69 Å². The third kappa shape index (κ3) is 5.42. The van der Waals surface area contributed by atoms with Gasteiger partial charge in [0.2, 0.25) is 5.91 Å². The first kappa shape index (κ1) is 20.0. The summed E-state index contributed by atoms with van der Waals surface area (Å²) >= 11 is 7.85. The van der Waals surface area contributed by atoms with Crippen LogP contribution in [0.4, 0.5) is 5.69 Å². The Labute approximate surface area is 178 Å². The summed E-state index contributed by atoms with van der Waals surface area (Å²) in [6.07, 6.45) is 5.32. The van der Waals surface area contributed by atoms with E-state index in [1.165, 1.54) is 11.2 Å². The van der Waals surface area contributed by atoms with Crippen LogP contribution in [0.3, 0.4) is 0 Å². The van der Waals surface area contributed by atoms with Crippen LogP contribution < -0.4 is 5.32 Å². The molecule has 0 spiro atoms. The highest BCUT2D eigenvalue weighted by Crippen LogP contribution is 2.24. The molecule has 2 aromatic heterocycles. The number of thiophene rings is 1. The van der Waals surface area contributed by atoms with E-state index >= 15 is 0 Å². The topological polar surface area (TPSA) is 72.3 Å². The van der Waals surface area contributed by atoms with E-state index in [4.69, 9.17) is 16.3 Å². The summed E-state index contributed by atoms with van der Waals surface area (Å²) in [4.78, 5) is 20.2. The molecule has 1 N–H and O–H groups in total. The Bertz CT molecular complexity index is 927. The lowest BCUT2D eigenvalue weighted by atomic mass is 10.2. The second-order valence-corrected chi connectivity index (χ2v) is 8.40. The van der Waals surface area contributed by atoms with Crippen molar-refractivity contribution in [1.29, 1.82) is 0 Å². The van der Waals surface area contributed by atoms with E-state index in [1.807, 2.05) is 12.1 Å². The normalized spacial score (nSPS) is 16.4. The highest BCUT2D eigenvalue weighted by Gasteiger charge is 2.22. The molecule has 1 aromatic carbocycles. The predicted octanol–water partition coefficient (Wildman–Crippen LogP) is 3.60. The first-order valence-corrected chi connectivity index (χ1v) is 10.7. The standard InChI is InChI=1S/C20H22ClN5O2S/c21-15-5-6-19(26-14-22-13-23-26)18(9-15)24-20(27)12-25(10-16-3-1-7-28-16)11-17-4-2-8-29-17/h2,4-6,8-9,13-14,16H,1,3,7,10-12H2,(H,24,27)/t16-/m0/s1. The fourth-order valence-electron chi connectivity index (χ4n) is 3.42. The number of anilines is 1. The average molecular weight is 432 g/mol. The maximum Gasteiger partial charge on any atom is 0.238 e. The molecule has 0 aliphatic carbocycles. The quantitative estimate of drug-likeness (QED) is 0.590. The fraction of sp³-hybridized carbons (Fsp3) is 0.350. The Morgan fingerprint density at radius 2 is 2.34 bits per heavy atom. The number of hydrogen-bond donors (Lipinski definition) is 1. The van der Waals surface area contributed by atoms with E-state index in [1.54, 1.807) is 34.5 Å². The van der Waals surface area contributed by atoms with Gasteiger partial charge in [-0.05, 0) is 42.5 Å². The minimum Gasteiger partial charge on any atom is -0.377 e. The van der Waals surface area contributed by atoms with Gasteiger partial charge in [0.15, 0.2) is 0 Å². The molecule has 0 saturated carbocycles. The number of amides is 1. The van der Waals surface area contributed by atoms with Gasteiger partial charge in [-0.15, -0.1) is 11.3 Å². The molecule has 1 atom stereocenters. The van der Waals surface area contributed by atoms with Crippen molar-refractivity contribution in [3.05, 3.63) is 58.3 Å². The van der Waals surface area contributed by atoms with Crippen LogP contribution >= 0.6 is 22.9 Å². The van der Waals surface area contributed by atoms with Crippen LogP contribution in [0.25, 0.3) is 5.69 Å². The van der Waals surface area contributed by atoms with E-state index in [-0.39, 0.29) is 18.6 Å². The van der Waals surface area contributed by atoms with Crippen LogP contribution in [0.15, 0.2) is 48.4 Å². The predicted molar refractivity (Wildman–Crippen MR) is 114 cm³/mol.